The number of rotatable bonds is 7. The monoisotopic (exact) mass is 415 g/mol. The first-order valence-electron chi connectivity index (χ1n) is 10.1. The van der Waals surface area contributed by atoms with Gasteiger partial charge in [-0.05, 0) is 23.1 Å². The SMILES string of the molecule is CCc1ccc(C2CNCCN2C(=O)CCNC(=O)Cc2ccccc2)cc1.Cl. The van der Waals surface area contributed by atoms with Crippen LogP contribution in [0.2, 0.25) is 0 Å². The lowest BCUT2D eigenvalue weighted by Gasteiger charge is -2.36. The van der Waals surface area contributed by atoms with Crippen LogP contribution in [0.15, 0.2) is 54.6 Å². The Morgan fingerprint density at radius 2 is 1.79 bits per heavy atom. The summed E-state index contributed by atoms with van der Waals surface area (Å²) in [6, 6.07) is 18.2. The second kappa shape index (κ2) is 11.6. The van der Waals surface area contributed by atoms with Crippen LogP contribution in [-0.4, -0.2) is 42.9 Å². The molecule has 1 unspecified atom stereocenters. The maximum absolute atomic E-state index is 12.8. The fourth-order valence-electron chi connectivity index (χ4n) is 3.57. The van der Waals surface area contributed by atoms with Crippen molar-refractivity contribution in [1.29, 1.82) is 0 Å². The van der Waals surface area contributed by atoms with Gasteiger partial charge in [-0.1, -0.05) is 61.5 Å². The molecule has 1 fully saturated rings. The molecule has 29 heavy (non-hydrogen) atoms. The number of amides is 2. The van der Waals surface area contributed by atoms with E-state index in [2.05, 4.69) is 41.8 Å². The van der Waals surface area contributed by atoms with Gasteiger partial charge in [0, 0.05) is 32.6 Å². The largest absolute Gasteiger partial charge is 0.355 e. The second-order valence-electron chi connectivity index (χ2n) is 7.16. The first kappa shape index (κ1) is 22.9. The Hall–Kier alpha value is -2.37. The summed E-state index contributed by atoms with van der Waals surface area (Å²) in [5, 5.41) is 6.25. The minimum atomic E-state index is -0.0500. The molecule has 0 spiro atoms. The van der Waals surface area contributed by atoms with Gasteiger partial charge in [-0.15, -0.1) is 12.4 Å². The van der Waals surface area contributed by atoms with Crippen molar-refractivity contribution in [3.05, 3.63) is 71.3 Å². The zero-order valence-corrected chi connectivity index (χ0v) is 17.7. The number of carbonyl (C=O) groups is 2. The number of benzene rings is 2. The third-order valence-electron chi connectivity index (χ3n) is 5.21. The number of carbonyl (C=O) groups excluding carboxylic acids is 2. The average molecular weight is 416 g/mol. The second-order valence-corrected chi connectivity index (χ2v) is 7.16. The lowest BCUT2D eigenvalue weighted by atomic mass is 10.0. The topological polar surface area (TPSA) is 61.4 Å². The van der Waals surface area contributed by atoms with E-state index in [0.29, 0.717) is 25.9 Å². The minimum Gasteiger partial charge on any atom is -0.355 e. The highest BCUT2D eigenvalue weighted by atomic mass is 35.5. The zero-order valence-electron chi connectivity index (χ0n) is 16.9. The van der Waals surface area contributed by atoms with Gasteiger partial charge in [0.2, 0.25) is 11.8 Å². The summed E-state index contributed by atoms with van der Waals surface area (Å²) < 4.78 is 0. The Kier molecular flexibility index (Phi) is 9.16. The van der Waals surface area contributed by atoms with E-state index in [9.17, 15) is 9.59 Å². The van der Waals surface area contributed by atoms with Crippen LogP contribution in [0, 0.1) is 0 Å². The summed E-state index contributed by atoms with van der Waals surface area (Å²) in [4.78, 5) is 26.8. The van der Waals surface area contributed by atoms with E-state index in [4.69, 9.17) is 0 Å². The fourth-order valence-corrected chi connectivity index (χ4v) is 3.57. The van der Waals surface area contributed by atoms with E-state index in [1.54, 1.807) is 0 Å². The molecule has 2 aromatic rings. The number of halogens is 1. The molecule has 0 aliphatic carbocycles. The molecule has 1 heterocycles. The van der Waals surface area contributed by atoms with Crippen LogP contribution in [0.3, 0.4) is 0 Å². The van der Waals surface area contributed by atoms with Gasteiger partial charge in [0.15, 0.2) is 0 Å². The van der Waals surface area contributed by atoms with E-state index < -0.39 is 0 Å². The summed E-state index contributed by atoms with van der Waals surface area (Å²) in [5.74, 6) is 0.0390. The molecule has 0 bridgehead atoms. The highest BCUT2D eigenvalue weighted by Crippen LogP contribution is 2.23. The lowest BCUT2D eigenvalue weighted by molar-refractivity contribution is -0.134. The van der Waals surface area contributed by atoms with E-state index >= 15 is 0 Å². The molecule has 1 aliphatic heterocycles. The quantitative estimate of drug-likeness (QED) is 0.730. The van der Waals surface area contributed by atoms with Crippen LogP contribution in [0.1, 0.15) is 36.1 Å². The molecule has 2 N–H and O–H groups in total. The molecule has 0 saturated carbocycles. The Bertz CT molecular complexity index is 780. The van der Waals surface area contributed by atoms with Crippen LogP contribution in [-0.2, 0) is 22.4 Å². The van der Waals surface area contributed by atoms with Gasteiger partial charge in [-0.2, -0.15) is 0 Å². The fraction of sp³-hybridized carbons (Fsp3) is 0.391. The Morgan fingerprint density at radius 3 is 2.48 bits per heavy atom. The van der Waals surface area contributed by atoms with E-state index in [-0.39, 0.29) is 30.3 Å². The lowest BCUT2D eigenvalue weighted by Crippen LogP contribution is -2.49. The first-order valence-corrected chi connectivity index (χ1v) is 10.1. The predicted octanol–water partition coefficient (Wildman–Crippen LogP) is 2.89. The number of piperazine rings is 1. The Labute approximate surface area is 179 Å². The summed E-state index contributed by atoms with van der Waals surface area (Å²) in [5.41, 5.74) is 3.43. The molecule has 0 aromatic heterocycles. The summed E-state index contributed by atoms with van der Waals surface area (Å²) >= 11 is 0. The van der Waals surface area contributed by atoms with Gasteiger partial charge in [-0.25, -0.2) is 0 Å². The maximum Gasteiger partial charge on any atom is 0.224 e. The standard InChI is InChI=1S/C23H29N3O2.ClH/c1-2-18-8-10-20(11-9-18)21-17-24-14-15-26(21)23(28)12-13-25-22(27)16-19-6-4-3-5-7-19;/h3-11,21,24H,2,12-17H2,1H3,(H,25,27);1H. The number of aryl methyl sites for hydroxylation is 1. The summed E-state index contributed by atoms with van der Waals surface area (Å²) in [7, 11) is 0. The first-order chi connectivity index (χ1) is 13.7. The minimum absolute atomic E-state index is 0. The number of nitrogens with zero attached hydrogens (tertiary/aromatic N) is 1. The summed E-state index contributed by atoms with van der Waals surface area (Å²) in [6.45, 7) is 4.76. The molecule has 3 rings (SSSR count). The highest BCUT2D eigenvalue weighted by molar-refractivity contribution is 5.85. The number of hydrogen-bond acceptors (Lipinski definition) is 3. The molecule has 156 valence electrons. The Balaban J connectivity index is 0.00000300. The molecule has 1 saturated heterocycles. The number of hydrogen-bond donors (Lipinski definition) is 2. The van der Waals surface area contributed by atoms with Crippen molar-refractivity contribution in [2.45, 2.75) is 32.2 Å². The predicted molar refractivity (Wildman–Crippen MR) is 118 cm³/mol. The molecule has 0 radical (unpaired) electrons. The zero-order chi connectivity index (χ0) is 19.8. The average Bonchev–Trinajstić information content (AvgIpc) is 2.74. The van der Waals surface area contributed by atoms with Crippen molar-refractivity contribution >= 4 is 24.2 Å². The van der Waals surface area contributed by atoms with Crippen LogP contribution < -0.4 is 10.6 Å². The van der Waals surface area contributed by atoms with E-state index in [0.717, 1.165) is 30.6 Å². The summed E-state index contributed by atoms with van der Waals surface area (Å²) in [6.07, 6.45) is 1.67. The molecule has 1 aliphatic rings. The van der Waals surface area contributed by atoms with Crippen LogP contribution in [0.25, 0.3) is 0 Å². The van der Waals surface area contributed by atoms with Gasteiger partial charge in [0.1, 0.15) is 0 Å². The van der Waals surface area contributed by atoms with E-state index in [1.165, 1.54) is 5.56 Å². The van der Waals surface area contributed by atoms with Gasteiger partial charge in [-0.3, -0.25) is 9.59 Å². The third kappa shape index (κ3) is 6.58. The molecule has 6 heteroatoms. The van der Waals surface area contributed by atoms with Crippen LogP contribution in [0.5, 0.6) is 0 Å². The van der Waals surface area contributed by atoms with Crippen molar-refractivity contribution < 1.29 is 9.59 Å². The van der Waals surface area contributed by atoms with Gasteiger partial charge in [0.05, 0.1) is 12.5 Å². The molecule has 2 aromatic carbocycles. The molecule has 5 nitrogen and oxygen atoms in total. The van der Waals surface area contributed by atoms with Gasteiger partial charge < -0.3 is 15.5 Å². The van der Waals surface area contributed by atoms with Crippen molar-refractivity contribution in [1.82, 2.24) is 15.5 Å². The van der Waals surface area contributed by atoms with Crippen molar-refractivity contribution in [2.75, 3.05) is 26.2 Å². The number of nitrogens with one attached hydrogen (secondary N) is 2. The van der Waals surface area contributed by atoms with Crippen molar-refractivity contribution in [2.24, 2.45) is 0 Å². The van der Waals surface area contributed by atoms with Crippen LogP contribution in [0.4, 0.5) is 0 Å². The highest BCUT2D eigenvalue weighted by Gasteiger charge is 2.27. The normalized spacial score (nSPS) is 16.0. The Morgan fingerprint density at radius 1 is 1.07 bits per heavy atom. The van der Waals surface area contributed by atoms with Gasteiger partial charge >= 0.3 is 0 Å². The smallest absolute Gasteiger partial charge is 0.224 e. The molecule has 2 amide bonds. The third-order valence-corrected chi connectivity index (χ3v) is 5.21. The maximum atomic E-state index is 12.8. The molecular weight excluding hydrogens is 386 g/mol. The molecule has 1 atom stereocenters. The van der Waals surface area contributed by atoms with Gasteiger partial charge in [0.25, 0.3) is 0 Å². The van der Waals surface area contributed by atoms with E-state index in [1.807, 2.05) is 35.2 Å². The molecular formula is C23H30ClN3O2. The van der Waals surface area contributed by atoms with Crippen LogP contribution >= 0.6 is 12.4 Å². The van der Waals surface area contributed by atoms with Crippen molar-refractivity contribution in [3.8, 4) is 0 Å². The van der Waals surface area contributed by atoms with Crippen molar-refractivity contribution in [3.63, 3.8) is 0 Å².